The predicted molar refractivity (Wildman–Crippen MR) is 108 cm³/mol. The van der Waals surface area contributed by atoms with Crippen molar-refractivity contribution in [3.05, 3.63) is 53.3 Å². The quantitative estimate of drug-likeness (QED) is 0.807. The molecule has 4 rings (SSSR count). The number of carboxylic acids is 1. The molecule has 30 heavy (non-hydrogen) atoms. The minimum Gasteiger partial charge on any atom is -0.478 e. The zero-order valence-electron chi connectivity index (χ0n) is 16.9. The molecule has 1 N–H and O–H groups in total. The van der Waals surface area contributed by atoms with Gasteiger partial charge < -0.3 is 19.5 Å². The number of aromatic nitrogens is 2. The number of amides is 1. The van der Waals surface area contributed by atoms with Gasteiger partial charge in [0.25, 0.3) is 0 Å². The molecular formula is C22H27N3O5. The Morgan fingerprint density at radius 1 is 1.17 bits per heavy atom. The first-order chi connectivity index (χ1) is 14.6. The van der Waals surface area contributed by atoms with Gasteiger partial charge in [-0.1, -0.05) is 30.3 Å². The molecular weight excluding hydrogens is 386 g/mol. The molecule has 3 heterocycles. The van der Waals surface area contributed by atoms with E-state index in [9.17, 15) is 14.7 Å². The van der Waals surface area contributed by atoms with Crippen molar-refractivity contribution < 1.29 is 24.2 Å². The average Bonchev–Trinajstić information content (AvgIpc) is 3.25. The summed E-state index contributed by atoms with van der Waals surface area (Å²) in [5.41, 5.74) is 1.83. The van der Waals surface area contributed by atoms with Crippen molar-refractivity contribution in [2.24, 2.45) is 0 Å². The lowest BCUT2D eigenvalue weighted by molar-refractivity contribution is 0.0684. The normalized spacial score (nSPS) is 20.1. The van der Waals surface area contributed by atoms with Gasteiger partial charge in [-0.05, 0) is 31.2 Å². The second-order valence-corrected chi connectivity index (χ2v) is 7.88. The lowest BCUT2D eigenvalue weighted by Crippen LogP contribution is -2.41. The highest BCUT2D eigenvalue weighted by atomic mass is 16.6. The van der Waals surface area contributed by atoms with Crippen molar-refractivity contribution in [1.29, 1.82) is 0 Å². The first-order valence-electron chi connectivity index (χ1n) is 10.5. The summed E-state index contributed by atoms with van der Waals surface area (Å²) in [6.07, 6.45) is 4.49. The van der Waals surface area contributed by atoms with E-state index in [0.29, 0.717) is 32.0 Å². The van der Waals surface area contributed by atoms with E-state index >= 15 is 0 Å². The van der Waals surface area contributed by atoms with Crippen LogP contribution in [-0.2, 0) is 16.1 Å². The molecule has 1 atom stereocenters. The molecule has 0 saturated carbocycles. The monoisotopic (exact) mass is 413 g/mol. The summed E-state index contributed by atoms with van der Waals surface area (Å²) < 4.78 is 12.6. The maximum atomic E-state index is 12.5. The number of hydrogen-bond donors (Lipinski definition) is 1. The smallest absolute Gasteiger partial charge is 0.410 e. The van der Waals surface area contributed by atoms with Gasteiger partial charge in [0, 0.05) is 38.4 Å². The molecule has 160 valence electrons. The number of rotatable bonds is 5. The summed E-state index contributed by atoms with van der Waals surface area (Å²) in [5, 5.41) is 14.3. The third-order valence-electron chi connectivity index (χ3n) is 5.83. The molecule has 1 aromatic heterocycles. The van der Waals surface area contributed by atoms with Gasteiger partial charge in [0.2, 0.25) is 0 Å². The van der Waals surface area contributed by atoms with Gasteiger partial charge in [-0.15, -0.1) is 0 Å². The first-order valence-corrected chi connectivity index (χ1v) is 10.5. The Hall–Kier alpha value is -2.87. The van der Waals surface area contributed by atoms with E-state index in [2.05, 4.69) is 5.10 Å². The molecule has 2 aliphatic heterocycles. The van der Waals surface area contributed by atoms with E-state index in [4.69, 9.17) is 9.47 Å². The fraction of sp³-hybridized carbons (Fsp3) is 0.500. The standard InChI is InChI=1S/C22H27N3O5/c26-21(27)19-14-25(23-20(19)17-8-11-29-12-9-17)18-7-4-10-24(13-18)22(28)30-15-16-5-2-1-3-6-16/h1-3,5-6,14,17-18H,4,7-13,15H2,(H,26,27). The Morgan fingerprint density at radius 3 is 2.67 bits per heavy atom. The van der Waals surface area contributed by atoms with Gasteiger partial charge in [0.15, 0.2) is 0 Å². The van der Waals surface area contributed by atoms with Crippen LogP contribution in [0.1, 0.15) is 59.3 Å². The molecule has 8 nitrogen and oxygen atoms in total. The van der Waals surface area contributed by atoms with Crippen LogP contribution in [0.5, 0.6) is 0 Å². The van der Waals surface area contributed by atoms with Crippen LogP contribution in [0.4, 0.5) is 4.79 Å². The molecule has 0 aliphatic carbocycles. The fourth-order valence-corrected chi connectivity index (χ4v) is 4.18. The lowest BCUT2D eigenvalue weighted by atomic mass is 9.94. The minimum absolute atomic E-state index is 0.0604. The molecule has 0 radical (unpaired) electrons. The number of likely N-dealkylation sites (tertiary alicyclic amines) is 1. The van der Waals surface area contributed by atoms with Crippen LogP contribution in [-0.4, -0.2) is 58.2 Å². The first kappa shape index (κ1) is 20.4. The summed E-state index contributed by atoms with van der Waals surface area (Å²) in [4.78, 5) is 26.0. The molecule has 2 aliphatic rings. The Balaban J connectivity index is 1.43. The Labute approximate surface area is 175 Å². The summed E-state index contributed by atoms with van der Waals surface area (Å²) in [7, 11) is 0. The highest BCUT2D eigenvalue weighted by molar-refractivity contribution is 5.88. The number of hydrogen-bond acceptors (Lipinski definition) is 5. The summed E-state index contributed by atoms with van der Waals surface area (Å²) in [6, 6.07) is 9.52. The summed E-state index contributed by atoms with van der Waals surface area (Å²) in [6.45, 7) is 2.58. The van der Waals surface area contributed by atoms with Crippen molar-refractivity contribution in [2.45, 2.75) is 44.2 Å². The second-order valence-electron chi connectivity index (χ2n) is 7.88. The summed E-state index contributed by atoms with van der Waals surface area (Å²) in [5.74, 6) is -0.862. The highest BCUT2D eigenvalue weighted by Crippen LogP contribution is 2.30. The Bertz CT molecular complexity index is 876. The van der Waals surface area contributed by atoms with Crippen LogP contribution >= 0.6 is 0 Å². The van der Waals surface area contributed by atoms with Gasteiger partial charge in [0.05, 0.1) is 11.7 Å². The SMILES string of the molecule is O=C(O)c1cn(C2CCCN(C(=O)OCc3ccccc3)C2)nc1C1CCOCC1. The van der Waals surface area contributed by atoms with E-state index in [1.54, 1.807) is 15.8 Å². The van der Waals surface area contributed by atoms with Crippen LogP contribution < -0.4 is 0 Å². The van der Waals surface area contributed by atoms with E-state index < -0.39 is 5.97 Å². The lowest BCUT2D eigenvalue weighted by Gasteiger charge is -2.32. The third kappa shape index (κ3) is 4.64. The largest absolute Gasteiger partial charge is 0.478 e. The Kier molecular flexibility index (Phi) is 6.32. The number of nitrogens with zero attached hydrogens (tertiary/aromatic N) is 3. The van der Waals surface area contributed by atoms with Gasteiger partial charge in [-0.2, -0.15) is 5.10 Å². The third-order valence-corrected chi connectivity index (χ3v) is 5.83. The molecule has 2 saturated heterocycles. The number of ether oxygens (including phenoxy) is 2. The number of aromatic carboxylic acids is 1. The van der Waals surface area contributed by atoms with Gasteiger partial charge in [0.1, 0.15) is 12.2 Å². The van der Waals surface area contributed by atoms with Crippen molar-refractivity contribution in [3.8, 4) is 0 Å². The van der Waals surface area contributed by atoms with Crippen LogP contribution in [0.2, 0.25) is 0 Å². The maximum absolute atomic E-state index is 12.5. The number of carbonyl (C=O) groups excluding carboxylic acids is 1. The van der Waals surface area contributed by atoms with Crippen LogP contribution in [0, 0.1) is 0 Å². The number of carboxylic acid groups (broad SMARTS) is 1. The molecule has 0 bridgehead atoms. The fourth-order valence-electron chi connectivity index (χ4n) is 4.18. The Morgan fingerprint density at radius 2 is 1.93 bits per heavy atom. The molecule has 1 aromatic carbocycles. The minimum atomic E-state index is -0.960. The van der Waals surface area contributed by atoms with Crippen LogP contribution in [0.25, 0.3) is 0 Å². The van der Waals surface area contributed by atoms with Crippen molar-refractivity contribution in [3.63, 3.8) is 0 Å². The van der Waals surface area contributed by atoms with Crippen molar-refractivity contribution in [2.75, 3.05) is 26.3 Å². The zero-order valence-corrected chi connectivity index (χ0v) is 16.9. The molecule has 8 heteroatoms. The zero-order chi connectivity index (χ0) is 20.9. The number of carbonyl (C=O) groups is 2. The molecule has 2 aromatic rings. The van der Waals surface area contributed by atoms with E-state index in [1.807, 2.05) is 30.3 Å². The molecule has 0 spiro atoms. The number of piperidine rings is 1. The maximum Gasteiger partial charge on any atom is 0.410 e. The topological polar surface area (TPSA) is 93.9 Å². The van der Waals surface area contributed by atoms with Gasteiger partial charge in [-0.3, -0.25) is 4.68 Å². The average molecular weight is 413 g/mol. The molecule has 2 fully saturated rings. The highest BCUT2D eigenvalue weighted by Gasteiger charge is 2.30. The predicted octanol–water partition coefficient (Wildman–Crippen LogP) is 3.45. The summed E-state index contributed by atoms with van der Waals surface area (Å²) >= 11 is 0. The van der Waals surface area contributed by atoms with Crippen molar-refractivity contribution >= 4 is 12.1 Å². The second kappa shape index (κ2) is 9.30. The van der Waals surface area contributed by atoms with Gasteiger partial charge in [-0.25, -0.2) is 9.59 Å². The van der Waals surface area contributed by atoms with Gasteiger partial charge >= 0.3 is 12.1 Å². The van der Waals surface area contributed by atoms with E-state index in [0.717, 1.165) is 31.2 Å². The van der Waals surface area contributed by atoms with E-state index in [-0.39, 0.29) is 30.2 Å². The molecule has 1 unspecified atom stereocenters. The van der Waals surface area contributed by atoms with Crippen LogP contribution in [0.15, 0.2) is 36.5 Å². The molecule has 1 amide bonds. The van der Waals surface area contributed by atoms with Crippen molar-refractivity contribution in [1.82, 2.24) is 14.7 Å². The number of benzene rings is 1. The van der Waals surface area contributed by atoms with E-state index in [1.165, 1.54) is 0 Å². The van der Waals surface area contributed by atoms with Crippen LogP contribution in [0.3, 0.4) is 0 Å².